The molecule has 0 heterocycles. The van der Waals surface area contributed by atoms with Crippen LogP contribution in [0.25, 0.3) is 0 Å². The van der Waals surface area contributed by atoms with Gasteiger partial charge in [0.15, 0.2) is 0 Å². The Kier molecular flexibility index (Phi) is 6.28. The van der Waals surface area contributed by atoms with Gasteiger partial charge < -0.3 is 9.84 Å². The summed E-state index contributed by atoms with van der Waals surface area (Å²) in [6, 6.07) is 2.90. The van der Waals surface area contributed by atoms with E-state index in [2.05, 4.69) is 8.92 Å². The predicted molar refractivity (Wildman–Crippen MR) is 58.9 cm³/mol. The molecule has 0 saturated carbocycles. The Morgan fingerprint density at radius 2 is 1.63 bits per heavy atom. The average Bonchev–Trinajstić information content (AvgIpc) is 2.37. The Bertz CT molecular complexity index is 594. The fourth-order valence-electron chi connectivity index (χ4n) is 1.20. The zero-order valence-electron chi connectivity index (χ0n) is 10.2. The molecule has 0 unspecified atom stereocenters. The molecule has 7 nitrogen and oxygen atoms in total. The number of aromatic carboxylic acids is 1. The van der Waals surface area contributed by atoms with Crippen LogP contribution in [0, 0.1) is 0 Å². The van der Waals surface area contributed by atoms with Crippen molar-refractivity contribution in [1.29, 1.82) is 0 Å². The molecule has 0 aromatic heterocycles. The standard InChI is InChI=1S/C10H10O7S.Zn/c1-16-10(13)7-3-6(9(11)12)4-8(5-7)18(14,15)17-2;/h3-5H,1-2H3,(H,11,12);. The first-order valence-electron chi connectivity index (χ1n) is 4.59. The van der Waals surface area contributed by atoms with E-state index in [4.69, 9.17) is 5.11 Å². The van der Waals surface area contributed by atoms with Crippen molar-refractivity contribution in [1.82, 2.24) is 0 Å². The fourth-order valence-corrected chi connectivity index (χ4v) is 1.93. The molecule has 1 aromatic rings. The number of carbonyl (C=O) groups is 2. The number of ether oxygens (including phenoxy) is 1. The second-order valence-electron chi connectivity index (χ2n) is 3.16. The third-order valence-electron chi connectivity index (χ3n) is 2.08. The molecule has 0 aliphatic rings. The van der Waals surface area contributed by atoms with E-state index >= 15 is 0 Å². The van der Waals surface area contributed by atoms with Gasteiger partial charge in [-0.15, -0.1) is 0 Å². The van der Waals surface area contributed by atoms with Crippen LogP contribution in [0.5, 0.6) is 0 Å². The number of hydrogen-bond donors (Lipinski definition) is 1. The van der Waals surface area contributed by atoms with Gasteiger partial charge in [0, 0.05) is 19.5 Å². The minimum absolute atomic E-state index is 0. The molecule has 0 aliphatic heterocycles. The van der Waals surface area contributed by atoms with Crippen LogP contribution in [0.1, 0.15) is 20.7 Å². The maximum absolute atomic E-state index is 11.5. The second-order valence-corrected chi connectivity index (χ2v) is 4.88. The predicted octanol–water partition coefficient (Wildman–Crippen LogP) is 0.504. The molecule has 0 bridgehead atoms. The molecule has 0 fully saturated rings. The van der Waals surface area contributed by atoms with Crippen molar-refractivity contribution < 1.29 is 51.5 Å². The van der Waals surface area contributed by atoms with Crippen molar-refractivity contribution in [3.8, 4) is 0 Å². The largest absolute Gasteiger partial charge is 0.478 e. The molecule has 0 atom stereocenters. The number of benzene rings is 1. The summed E-state index contributed by atoms with van der Waals surface area (Å²) in [5.41, 5.74) is -0.540. The van der Waals surface area contributed by atoms with Gasteiger partial charge in [-0.25, -0.2) is 9.59 Å². The number of esters is 1. The van der Waals surface area contributed by atoms with Gasteiger partial charge in [0.25, 0.3) is 10.1 Å². The van der Waals surface area contributed by atoms with Gasteiger partial charge in [0.2, 0.25) is 0 Å². The number of carboxylic acid groups (broad SMARTS) is 1. The Labute approximate surface area is 122 Å². The summed E-state index contributed by atoms with van der Waals surface area (Å²) in [5.74, 6) is -2.21. The zero-order valence-corrected chi connectivity index (χ0v) is 14.0. The minimum Gasteiger partial charge on any atom is -0.478 e. The molecule has 0 aliphatic carbocycles. The molecular weight excluding hydrogens is 330 g/mol. The van der Waals surface area contributed by atoms with Crippen LogP contribution in [0.4, 0.5) is 0 Å². The topological polar surface area (TPSA) is 107 Å². The van der Waals surface area contributed by atoms with Crippen LogP contribution in [-0.4, -0.2) is 39.7 Å². The van der Waals surface area contributed by atoms with E-state index in [0.29, 0.717) is 0 Å². The van der Waals surface area contributed by atoms with E-state index in [9.17, 15) is 18.0 Å². The van der Waals surface area contributed by atoms with E-state index in [1.54, 1.807) is 0 Å². The molecular formula is C10H10O7SZn. The summed E-state index contributed by atoms with van der Waals surface area (Å²) < 4.78 is 31.6. The van der Waals surface area contributed by atoms with E-state index in [1.807, 2.05) is 0 Å². The summed E-state index contributed by atoms with van der Waals surface area (Å²) in [5, 5.41) is 8.84. The molecule has 0 saturated heterocycles. The molecule has 0 spiro atoms. The number of rotatable bonds is 4. The van der Waals surface area contributed by atoms with Gasteiger partial charge in [0.1, 0.15) is 0 Å². The van der Waals surface area contributed by atoms with Crippen LogP contribution in [-0.2, 0) is 38.5 Å². The van der Waals surface area contributed by atoms with Crippen molar-refractivity contribution in [3.63, 3.8) is 0 Å². The summed E-state index contributed by atoms with van der Waals surface area (Å²) in [7, 11) is -2.06. The maximum Gasteiger partial charge on any atom is 0.337 e. The molecule has 1 N–H and O–H groups in total. The molecule has 100 valence electrons. The van der Waals surface area contributed by atoms with E-state index in [-0.39, 0.29) is 30.6 Å². The van der Waals surface area contributed by atoms with Gasteiger partial charge in [0.05, 0.1) is 30.2 Å². The maximum atomic E-state index is 11.5. The third kappa shape index (κ3) is 4.09. The number of hydrogen-bond acceptors (Lipinski definition) is 6. The molecule has 0 amide bonds. The average molecular weight is 340 g/mol. The first-order chi connectivity index (χ1) is 8.31. The summed E-state index contributed by atoms with van der Waals surface area (Å²) in [6.45, 7) is 0. The van der Waals surface area contributed by atoms with Gasteiger partial charge in [-0.3, -0.25) is 4.18 Å². The first kappa shape index (κ1) is 17.7. The van der Waals surface area contributed by atoms with Crippen molar-refractivity contribution in [2.24, 2.45) is 0 Å². The van der Waals surface area contributed by atoms with E-state index in [0.717, 1.165) is 32.4 Å². The van der Waals surface area contributed by atoms with Gasteiger partial charge in [-0.1, -0.05) is 0 Å². The van der Waals surface area contributed by atoms with Crippen LogP contribution >= 0.6 is 0 Å². The minimum atomic E-state index is -4.09. The monoisotopic (exact) mass is 338 g/mol. The Morgan fingerprint density at radius 1 is 1.11 bits per heavy atom. The van der Waals surface area contributed by atoms with Crippen molar-refractivity contribution >= 4 is 22.1 Å². The fraction of sp³-hybridized carbons (Fsp3) is 0.200. The SMILES string of the molecule is COC(=O)c1cc(C(=O)O)cc(S(=O)(=O)OC)c1.[Zn]. The van der Waals surface area contributed by atoms with Crippen LogP contribution < -0.4 is 0 Å². The zero-order chi connectivity index (χ0) is 13.9. The van der Waals surface area contributed by atoms with Crippen LogP contribution in [0.15, 0.2) is 23.1 Å². The van der Waals surface area contributed by atoms with Crippen molar-refractivity contribution in [2.45, 2.75) is 4.90 Å². The van der Waals surface area contributed by atoms with Crippen molar-refractivity contribution in [2.75, 3.05) is 14.2 Å². The smallest absolute Gasteiger partial charge is 0.337 e. The summed E-state index contributed by atoms with van der Waals surface area (Å²) in [6.07, 6.45) is 0. The summed E-state index contributed by atoms with van der Waals surface area (Å²) >= 11 is 0. The van der Waals surface area contributed by atoms with Crippen LogP contribution in [0.2, 0.25) is 0 Å². The quantitative estimate of drug-likeness (QED) is 0.483. The third-order valence-corrected chi connectivity index (χ3v) is 3.33. The second kappa shape index (κ2) is 6.74. The van der Waals surface area contributed by atoms with E-state index < -0.39 is 27.0 Å². The van der Waals surface area contributed by atoms with Crippen molar-refractivity contribution in [3.05, 3.63) is 29.3 Å². The number of carbonyl (C=O) groups excluding carboxylic acids is 1. The van der Waals surface area contributed by atoms with Crippen LogP contribution in [0.3, 0.4) is 0 Å². The number of methoxy groups -OCH3 is 1. The molecule has 9 heteroatoms. The Hall–Kier alpha value is -1.31. The molecule has 1 rings (SSSR count). The van der Waals surface area contributed by atoms with Gasteiger partial charge in [-0.05, 0) is 18.2 Å². The molecule has 0 radical (unpaired) electrons. The molecule has 19 heavy (non-hydrogen) atoms. The Morgan fingerprint density at radius 3 is 2.05 bits per heavy atom. The van der Waals surface area contributed by atoms with Gasteiger partial charge >= 0.3 is 11.9 Å². The van der Waals surface area contributed by atoms with Gasteiger partial charge in [-0.2, -0.15) is 8.42 Å². The normalized spacial score (nSPS) is 10.4. The summed E-state index contributed by atoms with van der Waals surface area (Å²) in [4.78, 5) is 21.7. The van der Waals surface area contributed by atoms with E-state index in [1.165, 1.54) is 0 Å². The first-order valence-corrected chi connectivity index (χ1v) is 6.00. The number of carboxylic acids is 1. The Balaban J connectivity index is 0.00000324. The molecule has 1 aromatic carbocycles.